The van der Waals surface area contributed by atoms with Crippen LogP contribution < -0.4 is 10.2 Å². The molecule has 0 bridgehead atoms. The molecule has 0 radical (unpaired) electrons. The molecule has 0 unspecified atom stereocenters. The minimum absolute atomic E-state index is 0.245. The zero-order valence-electron chi connectivity index (χ0n) is 10.9. The number of imidazole rings is 1. The van der Waals surface area contributed by atoms with Gasteiger partial charge in [-0.15, -0.1) is 0 Å². The molecule has 0 fully saturated rings. The molecule has 3 rings (SSSR count). The van der Waals surface area contributed by atoms with Crippen molar-refractivity contribution in [2.24, 2.45) is 0 Å². The average Bonchev–Trinajstić information content (AvgIpc) is 2.90. The maximum Gasteiger partial charge on any atom is 0.273 e. The van der Waals surface area contributed by atoms with Gasteiger partial charge in [0.2, 0.25) is 0 Å². The Labute approximate surface area is 115 Å². The highest BCUT2D eigenvalue weighted by atomic mass is 16.5. The number of hydrogen-bond acceptors (Lipinski definition) is 3. The third-order valence-corrected chi connectivity index (χ3v) is 3.03. The summed E-state index contributed by atoms with van der Waals surface area (Å²) in [7, 11) is 1.54. The number of ether oxygens (including phenoxy) is 1. The van der Waals surface area contributed by atoms with Gasteiger partial charge in [-0.2, -0.15) is 0 Å². The van der Waals surface area contributed by atoms with Crippen molar-refractivity contribution in [1.82, 2.24) is 9.66 Å². The molecule has 1 aromatic heterocycles. The van der Waals surface area contributed by atoms with Gasteiger partial charge in [0.1, 0.15) is 12.1 Å². The number of para-hydroxylation sites is 3. The lowest BCUT2D eigenvalue weighted by Gasteiger charge is -2.10. The number of carbonyl (C=O) groups excluding carboxylic acids is 1. The predicted octanol–water partition coefficient (Wildman–Crippen LogP) is 2.43. The Balaban J connectivity index is 1.93. The van der Waals surface area contributed by atoms with Gasteiger partial charge in [0.25, 0.3) is 5.91 Å². The van der Waals surface area contributed by atoms with E-state index in [0.717, 1.165) is 11.0 Å². The van der Waals surface area contributed by atoms with E-state index in [1.54, 1.807) is 36.3 Å². The Hall–Kier alpha value is -2.82. The van der Waals surface area contributed by atoms with E-state index in [1.807, 2.05) is 30.3 Å². The number of rotatable bonds is 3. The monoisotopic (exact) mass is 267 g/mol. The van der Waals surface area contributed by atoms with E-state index in [0.29, 0.717) is 11.3 Å². The van der Waals surface area contributed by atoms with Gasteiger partial charge >= 0.3 is 0 Å². The second kappa shape index (κ2) is 5.05. The first-order valence-electron chi connectivity index (χ1n) is 6.16. The van der Waals surface area contributed by atoms with E-state index in [9.17, 15) is 4.79 Å². The summed E-state index contributed by atoms with van der Waals surface area (Å²) in [6.07, 6.45) is 1.58. The lowest BCUT2D eigenvalue weighted by Crippen LogP contribution is -2.22. The molecule has 2 aromatic carbocycles. The quantitative estimate of drug-likeness (QED) is 0.793. The molecular weight excluding hydrogens is 254 g/mol. The van der Waals surface area contributed by atoms with Crippen LogP contribution in [0.3, 0.4) is 0 Å². The number of nitrogens with zero attached hydrogens (tertiary/aromatic N) is 2. The van der Waals surface area contributed by atoms with Crippen LogP contribution in [0.5, 0.6) is 5.75 Å². The number of carbonyl (C=O) groups is 1. The fraction of sp³-hybridized carbons (Fsp3) is 0.0667. The Kier molecular flexibility index (Phi) is 3.09. The zero-order valence-corrected chi connectivity index (χ0v) is 10.9. The van der Waals surface area contributed by atoms with Crippen molar-refractivity contribution >= 4 is 16.9 Å². The van der Waals surface area contributed by atoms with Crippen molar-refractivity contribution in [3.63, 3.8) is 0 Å². The van der Waals surface area contributed by atoms with Gasteiger partial charge in [0.05, 0.1) is 23.7 Å². The molecule has 0 aliphatic carbocycles. The lowest BCUT2D eigenvalue weighted by atomic mass is 10.2. The topological polar surface area (TPSA) is 56.1 Å². The molecule has 5 heteroatoms. The highest BCUT2D eigenvalue weighted by Crippen LogP contribution is 2.18. The number of benzene rings is 2. The second-order valence-electron chi connectivity index (χ2n) is 4.24. The summed E-state index contributed by atoms with van der Waals surface area (Å²) in [5.41, 5.74) is 4.94. The Morgan fingerprint density at radius 2 is 1.90 bits per heavy atom. The molecule has 1 heterocycles. The van der Waals surface area contributed by atoms with Crippen LogP contribution in [0.25, 0.3) is 11.0 Å². The van der Waals surface area contributed by atoms with E-state index in [-0.39, 0.29) is 5.91 Å². The highest BCUT2D eigenvalue weighted by Gasteiger charge is 2.12. The first-order chi connectivity index (χ1) is 9.79. The number of hydrogen-bond donors (Lipinski definition) is 1. The van der Waals surface area contributed by atoms with Crippen LogP contribution in [0.4, 0.5) is 0 Å². The standard InChI is InChI=1S/C15H13N3O2/c1-20-14-9-5-2-6-11(14)15(19)17-18-10-16-12-7-3-4-8-13(12)18/h2-10H,1H3,(H,17,19). The largest absolute Gasteiger partial charge is 0.496 e. The van der Waals surface area contributed by atoms with Gasteiger partial charge in [-0.25, -0.2) is 9.66 Å². The fourth-order valence-electron chi connectivity index (χ4n) is 2.05. The summed E-state index contributed by atoms with van der Waals surface area (Å²) in [6.45, 7) is 0. The molecule has 0 atom stereocenters. The molecular formula is C15H13N3O2. The molecule has 0 spiro atoms. The normalized spacial score (nSPS) is 10.4. The number of aromatic nitrogens is 2. The van der Waals surface area contributed by atoms with Crippen molar-refractivity contribution in [3.05, 3.63) is 60.4 Å². The first-order valence-corrected chi connectivity index (χ1v) is 6.16. The summed E-state index contributed by atoms with van der Waals surface area (Å²) < 4.78 is 6.79. The molecule has 0 aliphatic rings. The minimum atomic E-state index is -0.245. The van der Waals surface area contributed by atoms with Crippen molar-refractivity contribution in [2.75, 3.05) is 12.5 Å². The van der Waals surface area contributed by atoms with Crippen LogP contribution in [0.15, 0.2) is 54.9 Å². The van der Waals surface area contributed by atoms with E-state index in [2.05, 4.69) is 10.4 Å². The molecule has 100 valence electrons. The van der Waals surface area contributed by atoms with Crippen LogP contribution in [0.1, 0.15) is 10.4 Å². The summed E-state index contributed by atoms with van der Waals surface area (Å²) in [5.74, 6) is 0.292. The van der Waals surface area contributed by atoms with E-state index in [1.165, 1.54) is 0 Å². The smallest absolute Gasteiger partial charge is 0.273 e. The average molecular weight is 267 g/mol. The molecule has 0 saturated heterocycles. The molecule has 5 nitrogen and oxygen atoms in total. The maximum absolute atomic E-state index is 12.3. The van der Waals surface area contributed by atoms with Crippen LogP contribution in [0, 0.1) is 0 Å². The van der Waals surface area contributed by atoms with Crippen LogP contribution >= 0.6 is 0 Å². The predicted molar refractivity (Wildman–Crippen MR) is 76.4 cm³/mol. The van der Waals surface area contributed by atoms with Crippen molar-refractivity contribution in [3.8, 4) is 5.75 Å². The number of amides is 1. The second-order valence-corrected chi connectivity index (χ2v) is 4.24. The third kappa shape index (κ3) is 2.09. The SMILES string of the molecule is COc1ccccc1C(=O)Nn1cnc2ccccc21. The number of nitrogens with one attached hydrogen (secondary N) is 1. The highest BCUT2D eigenvalue weighted by molar-refractivity contribution is 6.02. The Morgan fingerprint density at radius 1 is 1.15 bits per heavy atom. The van der Waals surface area contributed by atoms with Crippen LogP contribution in [-0.4, -0.2) is 22.7 Å². The summed E-state index contributed by atoms with van der Waals surface area (Å²) in [5, 5.41) is 0. The van der Waals surface area contributed by atoms with Gasteiger partial charge in [-0.3, -0.25) is 10.2 Å². The van der Waals surface area contributed by atoms with Crippen molar-refractivity contribution in [2.45, 2.75) is 0 Å². The van der Waals surface area contributed by atoms with Crippen molar-refractivity contribution < 1.29 is 9.53 Å². The summed E-state index contributed by atoms with van der Waals surface area (Å²) >= 11 is 0. The van der Waals surface area contributed by atoms with E-state index >= 15 is 0 Å². The van der Waals surface area contributed by atoms with Gasteiger partial charge in [0.15, 0.2) is 0 Å². The van der Waals surface area contributed by atoms with Crippen LogP contribution in [-0.2, 0) is 0 Å². The van der Waals surface area contributed by atoms with Gasteiger partial charge < -0.3 is 4.74 Å². The maximum atomic E-state index is 12.3. The molecule has 20 heavy (non-hydrogen) atoms. The summed E-state index contributed by atoms with van der Waals surface area (Å²) in [4.78, 5) is 16.5. The van der Waals surface area contributed by atoms with Gasteiger partial charge in [-0.05, 0) is 24.3 Å². The zero-order chi connectivity index (χ0) is 13.9. The van der Waals surface area contributed by atoms with E-state index < -0.39 is 0 Å². The summed E-state index contributed by atoms with van der Waals surface area (Å²) in [6, 6.07) is 14.7. The first kappa shape index (κ1) is 12.2. The minimum Gasteiger partial charge on any atom is -0.496 e. The Bertz CT molecular complexity index is 764. The third-order valence-electron chi connectivity index (χ3n) is 3.03. The molecule has 1 amide bonds. The molecule has 3 aromatic rings. The molecule has 1 N–H and O–H groups in total. The van der Waals surface area contributed by atoms with Gasteiger partial charge in [0, 0.05) is 0 Å². The van der Waals surface area contributed by atoms with Crippen molar-refractivity contribution in [1.29, 1.82) is 0 Å². The Morgan fingerprint density at radius 3 is 2.75 bits per heavy atom. The fourth-order valence-corrected chi connectivity index (χ4v) is 2.05. The molecule has 0 saturated carbocycles. The molecule has 0 aliphatic heterocycles. The number of methoxy groups -OCH3 is 1. The lowest BCUT2D eigenvalue weighted by molar-refractivity contribution is 0.101. The number of fused-ring (bicyclic) bond motifs is 1. The van der Waals surface area contributed by atoms with Gasteiger partial charge in [-0.1, -0.05) is 24.3 Å². The van der Waals surface area contributed by atoms with E-state index in [4.69, 9.17) is 4.74 Å². The van der Waals surface area contributed by atoms with Crippen LogP contribution in [0.2, 0.25) is 0 Å².